The maximum absolute atomic E-state index is 10.8. The Hall–Kier alpha value is 0.160. The van der Waals surface area contributed by atoms with E-state index in [9.17, 15) is 8.42 Å². The number of rotatable bonds is 1. The number of nitrogens with two attached hydrogens (primary N) is 1. The van der Waals surface area contributed by atoms with E-state index in [1.54, 1.807) is 0 Å². The highest BCUT2D eigenvalue weighted by Gasteiger charge is 2.25. The maximum Gasteiger partial charge on any atom is 0.211 e. The van der Waals surface area contributed by atoms with Crippen molar-refractivity contribution >= 4 is 22.4 Å². The van der Waals surface area contributed by atoms with Crippen molar-refractivity contribution in [3.05, 3.63) is 0 Å². The predicted molar refractivity (Wildman–Crippen MR) is 46.3 cm³/mol. The molecule has 0 spiro atoms. The molecule has 68 valence electrons. The Labute approximate surface area is 73.2 Å². The van der Waals surface area contributed by atoms with Gasteiger partial charge in [0.1, 0.15) is 0 Å². The Morgan fingerprint density at radius 2 is 2.09 bits per heavy atom. The summed E-state index contributed by atoms with van der Waals surface area (Å²) < 4.78 is 23.1. The number of halogens is 1. The first-order chi connectivity index (χ1) is 4.50. The van der Waals surface area contributed by atoms with Crippen molar-refractivity contribution in [2.75, 3.05) is 19.3 Å². The first kappa shape index (κ1) is 11.2. The highest BCUT2D eigenvalue weighted by molar-refractivity contribution is 7.88. The molecule has 6 heteroatoms. The largest absolute Gasteiger partial charge is 0.326 e. The third-order valence-corrected chi connectivity index (χ3v) is 2.93. The summed E-state index contributed by atoms with van der Waals surface area (Å²) >= 11 is 0. The zero-order valence-corrected chi connectivity index (χ0v) is 7.99. The van der Waals surface area contributed by atoms with Crippen LogP contribution in [0.2, 0.25) is 0 Å². The summed E-state index contributed by atoms with van der Waals surface area (Å²) in [5.74, 6) is 0. The van der Waals surface area contributed by atoms with E-state index in [-0.39, 0.29) is 18.4 Å². The lowest BCUT2D eigenvalue weighted by atomic mass is 10.3. The van der Waals surface area contributed by atoms with Gasteiger partial charge in [0.2, 0.25) is 10.0 Å². The molecule has 1 rings (SSSR count). The van der Waals surface area contributed by atoms with Crippen LogP contribution in [-0.2, 0) is 10.0 Å². The van der Waals surface area contributed by atoms with E-state index < -0.39 is 10.0 Å². The average molecular weight is 201 g/mol. The molecule has 1 fully saturated rings. The van der Waals surface area contributed by atoms with E-state index in [0.29, 0.717) is 13.1 Å². The van der Waals surface area contributed by atoms with Crippen molar-refractivity contribution in [1.82, 2.24) is 4.31 Å². The van der Waals surface area contributed by atoms with E-state index in [2.05, 4.69) is 0 Å². The van der Waals surface area contributed by atoms with E-state index in [1.807, 2.05) is 0 Å². The summed E-state index contributed by atoms with van der Waals surface area (Å²) in [4.78, 5) is 0. The van der Waals surface area contributed by atoms with E-state index in [1.165, 1.54) is 10.6 Å². The van der Waals surface area contributed by atoms with Gasteiger partial charge >= 0.3 is 0 Å². The van der Waals surface area contributed by atoms with Gasteiger partial charge < -0.3 is 5.73 Å². The van der Waals surface area contributed by atoms with Crippen LogP contribution in [0.3, 0.4) is 0 Å². The van der Waals surface area contributed by atoms with Crippen LogP contribution in [0.4, 0.5) is 0 Å². The molecular weight excluding hydrogens is 188 g/mol. The molecule has 0 aromatic rings. The number of sulfonamides is 1. The fourth-order valence-corrected chi connectivity index (χ4v) is 1.95. The lowest BCUT2D eigenvalue weighted by Gasteiger charge is -2.10. The van der Waals surface area contributed by atoms with Gasteiger partial charge in [0.15, 0.2) is 0 Å². The zero-order chi connectivity index (χ0) is 7.78. The van der Waals surface area contributed by atoms with Gasteiger partial charge in [-0.2, -0.15) is 0 Å². The van der Waals surface area contributed by atoms with E-state index in [0.717, 1.165) is 6.42 Å². The van der Waals surface area contributed by atoms with Gasteiger partial charge in [-0.3, -0.25) is 0 Å². The molecule has 2 N–H and O–H groups in total. The molecule has 0 aromatic heterocycles. The molecule has 0 aromatic carbocycles. The quantitative estimate of drug-likeness (QED) is 0.615. The molecule has 1 aliphatic rings. The summed E-state index contributed by atoms with van der Waals surface area (Å²) in [6.07, 6.45) is 2.00. The Morgan fingerprint density at radius 1 is 1.55 bits per heavy atom. The highest BCUT2D eigenvalue weighted by Crippen LogP contribution is 2.09. The third kappa shape index (κ3) is 2.94. The summed E-state index contributed by atoms with van der Waals surface area (Å²) in [6.45, 7) is 1.07. The Morgan fingerprint density at radius 3 is 2.27 bits per heavy atom. The lowest BCUT2D eigenvalue weighted by Crippen LogP contribution is -2.30. The molecule has 1 heterocycles. The van der Waals surface area contributed by atoms with Crippen molar-refractivity contribution in [3.63, 3.8) is 0 Å². The van der Waals surface area contributed by atoms with Crippen LogP contribution in [-0.4, -0.2) is 38.1 Å². The van der Waals surface area contributed by atoms with Crippen molar-refractivity contribution in [2.24, 2.45) is 5.73 Å². The van der Waals surface area contributed by atoms with Crippen LogP contribution in [0.5, 0.6) is 0 Å². The smallest absolute Gasteiger partial charge is 0.211 e. The SMILES string of the molecule is CS(=O)(=O)N1CC[C@H](N)C1.Cl. The van der Waals surface area contributed by atoms with Crippen molar-refractivity contribution in [1.29, 1.82) is 0 Å². The van der Waals surface area contributed by atoms with Crippen LogP contribution < -0.4 is 5.73 Å². The first-order valence-electron chi connectivity index (χ1n) is 3.21. The molecule has 11 heavy (non-hydrogen) atoms. The molecule has 0 unspecified atom stereocenters. The minimum Gasteiger partial charge on any atom is -0.326 e. The topological polar surface area (TPSA) is 63.4 Å². The molecule has 1 saturated heterocycles. The zero-order valence-electron chi connectivity index (χ0n) is 6.36. The summed E-state index contributed by atoms with van der Waals surface area (Å²) in [7, 11) is -2.98. The van der Waals surface area contributed by atoms with Gasteiger partial charge in [0.05, 0.1) is 6.26 Å². The molecular formula is C5H13ClN2O2S. The average Bonchev–Trinajstić information content (AvgIpc) is 2.11. The third-order valence-electron chi connectivity index (χ3n) is 1.66. The van der Waals surface area contributed by atoms with E-state index in [4.69, 9.17) is 5.73 Å². The minimum absolute atomic E-state index is 0. The van der Waals surface area contributed by atoms with Gasteiger partial charge in [-0.15, -0.1) is 12.4 Å². The van der Waals surface area contributed by atoms with Crippen LogP contribution in [0.1, 0.15) is 6.42 Å². The van der Waals surface area contributed by atoms with Gasteiger partial charge in [-0.1, -0.05) is 0 Å². The van der Waals surface area contributed by atoms with Gasteiger partial charge in [0.25, 0.3) is 0 Å². The fourth-order valence-electron chi connectivity index (χ4n) is 1.06. The molecule has 0 radical (unpaired) electrons. The molecule has 1 aliphatic heterocycles. The summed E-state index contributed by atoms with van der Waals surface area (Å²) in [6, 6.07) is 0.0368. The van der Waals surface area contributed by atoms with Crippen LogP contribution in [0.15, 0.2) is 0 Å². The normalized spacial score (nSPS) is 26.5. The highest BCUT2D eigenvalue weighted by atomic mass is 35.5. The lowest BCUT2D eigenvalue weighted by molar-refractivity contribution is 0.478. The van der Waals surface area contributed by atoms with E-state index >= 15 is 0 Å². The maximum atomic E-state index is 10.8. The molecule has 0 amide bonds. The number of hydrogen-bond donors (Lipinski definition) is 1. The Kier molecular flexibility index (Phi) is 3.76. The second kappa shape index (κ2) is 3.71. The van der Waals surface area contributed by atoms with Gasteiger partial charge in [-0.25, -0.2) is 12.7 Å². The molecule has 0 aliphatic carbocycles. The standard InChI is InChI=1S/C5H12N2O2S.ClH/c1-10(8,9)7-3-2-5(6)4-7;/h5H,2-4,6H2,1H3;1H/t5-;/m0./s1. The number of nitrogens with zero attached hydrogens (tertiary/aromatic N) is 1. The van der Waals surface area contributed by atoms with Crippen LogP contribution in [0, 0.1) is 0 Å². The summed E-state index contributed by atoms with van der Waals surface area (Å²) in [5, 5.41) is 0. The predicted octanol–water partition coefficient (Wildman–Crippen LogP) is -0.599. The van der Waals surface area contributed by atoms with Crippen molar-refractivity contribution in [3.8, 4) is 0 Å². The molecule has 4 nitrogen and oxygen atoms in total. The minimum atomic E-state index is -2.98. The Bertz CT molecular complexity index is 217. The molecule has 0 bridgehead atoms. The van der Waals surface area contributed by atoms with Gasteiger partial charge in [-0.05, 0) is 6.42 Å². The second-order valence-electron chi connectivity index (χ2n) is 2.67. The first-order valence-corrected chi connectivity index (χ1v) is 5.05. The molecule has 1 atom stereocenters. The van der Waals surface area contributed by atoms with Crippen LogP contribution in [0.25, 0.3) is 0 Å². The molecule has 0 saturated carbocycles. The Balaban J connectivity index is 0.000001000. The van der Waals surface area contributed by atoms with Crippen molar-refractivity contribution in [2.45, 2.75) is 12.5 Å². The van der Waals surface area contributed by atoms with Crippen molar-refractivity contribution < 1.29 is 8.42 Å². The van der Waals surface area contributed by atoms with Gasteiger partial charge in [0, 0.05) is 19.1 Å². The van der Waals surface area contributed by atoms with Crippen LogP contribution >= 0.6 is 12.4 Å². The fraction of sp³-hybridized carbons (Fsp3) is 1.00. The number of hydrogen-bond acceptors (Lipinski definition) is 3. The summed E-state index contributed by atoms with van der Waals surface area (Å²) in [5.41, 5.74) is 5.52. The second-order valence-corrected chi connectivity index (χ2v) is 4.65. The monoisotopic (exact) mass is 200 g/mol.